The van der Waals surface area contributed by atoms with E-state index in [1.54, 1.807) is 13.8 Å². The maximum atomic E-state index is 11.3. The van der Waals surface area contributed by atoms with Crippen LogP contribution in [-0.2, 0) is 14.3 Å². The number of nitrogens with zero attached hydrogens (tertiary/aromatic N) is 1. The molecule has 1 heterocycles. The van der Waals surface area contributed by atoms with Crippen molar-refractivity contribution < 1.29 is 14.3 Å². The molecule has 1 atom stereocenters. The Hall–Kier alpha value is -0.620. The second-order valence-corrected chi connectivity index (χ2v) is 4.36. The number of ether oxygens (including phenoxy) is 1. The molecule has 0 saturated carbocycles. The van der Waals surface area contributed by atoms with Gasteiger partial charge in [0.25, 0.3) is 0 Å². The Morgan fingerprint density at radius 2 is 2.43 bits per heavy atom. The maximum Gasteiger partial charge on any atom is 0.328 e. The van der Waals surface area contributed by atoms with Crippen LogP contribution in [0.25, 0.3) is 0 Å². The summed E-state index contributed by atoms with van der Waals surface area (Å²) in [6, 6.07) is -0.607. The number of rotatable bonds is 3. The van der Waals surface area contributed by atoms with Crippen molar-refractivity contribution in [3.63, 3.8) is 0 Å². The molecule has 1 aliphatic rings. The van der Waals surface area contributed by atoms with E-state index in [9.17, 15) is 9.59 Å². The van der Waals surface area contributed by atoms with Gasteiger partial charge in [0.2, 0.25) is 5.91 Å². The summed E-state index contributed by atoms with van der Waals surface area (Å²) >= 11 is 6.23. The highest BCUT2D eigenvalue weighted by molar-refractivity contribution is 8.23. The maximum absolute atomic E-state index is 11.3. The summed E-state index contributed by atoms with van der Waals surface area (Å²) in [5.74, 6) is -0.214. The second kappa shape index (κ2) is 4.75. The van der Waals surface area contributed by atoms with Gasteiger partial charge in [-0.2, -0.15) is 0 Å². The first-order valence-electron chi connectivity index (χ1n) is 4.23. The normalized spacial score (nSPS) is 18.6. The Morgan fingerprint density at radius 1 is 1.79 bits per heavy atom. The summed E-state index contributed by atoms with van der Waals surface area (Å²) in [5, 5.41) is 0. The van der Waals surface area contributed by atoms with E-state index in [2.05, 4.69) is 0 Å². The zero-order valence-corrected chi connectivity index (χ0v) is 9.61. The third-order valence-corrected chi connectivity index (χ3v) is 3.18. The molecule has 1 rings (SSSR count). The molecule has 1 unspecified atom stereocenters. The predicted octanol–water partition coefficient (Wildman–Crippen LogP) is 0.798. The van der Waals surface area contributed by atoms with Gasteiger partial charge in [0.05, 0.1) is 12.4 Å². The minimum Gasteiger partial charge on any atom is -0.464 e. The van der Waals surface area contributed by atoms with Gasteiger partial charge in [0.1, 0.15) is 10.4 Å². The summed E-state index contributed by atoms with van der Waals surface area (Å²) in [6.07, 6.45) is 0. The van der Waals surface area contributed by atoms with Crippen LogP contribution in [0.1, 0.15) is 13.8 Å². The van der Waals surface area contributed by atoms with Crippen molar-refractivity contribution in [2.75, 3.05) is 12.4 Å². The Kier molecular flexibility index (Phi) is 3.88. The first kappa shape index (κ1) is 11.5. The summed E-state index contributed by atoms with van der Waals surface area (Å²) in [6.45, 7) is 3.66. The molecule has 14 heavy (non-hydrogen) atoms. The van der Waals surface area contributed by atoms with Crippen molar-refractivity contribution in [3.05, 3.63) is 0 Å². The molecule has 0 aromatic heterocycles. The SMILES string of the molecule is CCOC(=O)C(C)N1C(=O)CSC1=S. The second-order valence-electron chi connectivity index (χ2n) is 2.75. The molecule has 0 spiro atoms. The van der Waals surface area contributed by atoms with Crippen LogP contribution in [0.4, 0.5) is 0 Å². The minimum absolute atomic E-state index is 0.124. The lowest BCUT2D eigenvalue weighted by molar-refractivity contribution is -0.150. The standard InChI is InChI=1S/C8H11NO3S2/c1-3-12-7(11)5(2)9-6(10)4-14-8(9)13/h5H,3-4H2,1-2H3. The summed E-state index contributed by atoms with van der Waals surface area (Å²) in [7, 11) is 0. The van der Waals surface area contributed by atoms with Crippen LogP contribution in [-0.4, -0.2) is 39.5 Å². The topological polar surface area (TPSA) is 46.6 Å². The summed E-state index contributed by atoms with van der Waals surface area (Å²) < 4.78 is 5.27. The molecule has 0 aliphatic carbocycles. The monoisotopic (exact) mass is 233 g/mol. The van der Waals surface area contributed by atoms with Gasteiger partial charge >= 0.3 is 5.97 Å². The van der Waals surface area contributed by atoms with Crippen LogP contribution >= 0.6 is 24.0 Å². The van der Waals surface area contributed by atoms with Gasteiger partial charge in [0, 0.05) is 0 Å². The van der Waals surface area contributed by atoms with Crippen LogP contribution in [0.3, 0.4) is 0 Å². The van der Waals surface area contributed by atoms with E-state index in [1.807, 2.05) is 0 Å². The molecule has 1 amide bonds. The van der Waals surface area contributed by atoms with Gasteiger partial charge in [-0.05, 0) is 13.8 Å². The van der Waals surface area contributed by atoms with Crippen LogP contribution in [0, 0.1) is 0 Å². The van der Waals surface area contributed by atoms with Crippen molar-refractivity contribution in [2.45, 2.75) is 19.9 Å². The average molecular weight is 233 g/mol. The fourth-order valence-electron chi connectivity index (χ4n) is 1.11. The van der Waals surface area contributed by atoms with Crippen molar-refractivity contribution in [3.8, 4) is 0 Å². The predicted molar refractivity (Wildman–Crippen MR) is 58.0 cm³/mol. The first-order valence-corrected chi connectivity index (χ1v) is 5.62. The molecule has 1 fully saturated rings. The number of carbonyl (C=O) groups excluding carboxylic acids is 2. The van der Waals surface area contributed by atoms with E-state index in [-0.39, 0.29) is 5.91 Å². The Bertz CT molecular complexity index is 264. The highest BCUT2D eigenvalue weighted by atomic mass is 32.2. The zero-order valence-electron chi connectivity index (χ0n) is 7.98. The Labute approximate surface area is 92.0 Å². The van der Waals surface area contributed by atoms with E-state index in [0.717, 1.165) is 0 Å². The number of thiocarbonyl (C=S) groups is 1. The third kappa shape index (κ3) is 2.24. The van der Waals surface area contributed by atoms with Crippen molar-refractivity contribution >= 4 is 40.2 Å². The number of esters is 1. The number of hydrogen-bond acceptors (Lipinski definition) is 5. The number of carbonyl (C=O) groups is 2. The molecular weight excluding hydrogens is 222 g/mol. The quantitative estimate of drug-likeness (QED) is 0.533. The third-order valence-electron chi connectivity index (χ3n) is 1.80. The lowest BCUT2D eigenvalue weighted by atomic mass is 10.3. The number of hydrogen-bond donors (Lipinski definition) is 0. The van der Waals surface area contributed by atoms with Crippen LogP contribution in [0.5, 0.6) is 0 Å². The molecular formula is C8H11NO3S2. The first-order chi connectivity index (χ1) is 6.57. The molecule has 1 saturated heterocycles. The lowest BCUT2D eigenvalue weighted by Crippen LogP contribution is -2.42. The van der Waals surface area contributed by atoms with E-state index < -0.39 is 12.0 Å². The molecule has 0 bridgehead atoms. The number of amides is 1. The van der Waals surface area contributed by atoms with Crippen LogP contribution in [0.2, 0.25) is 0 Å². The van der Waals surface area contributed by atoms with Crippen LogP contribution in [0.15, 0.2) is 0 Å². The summed E-state index contributed by atoms with van der Waals surface area (Å²) in [5.41, 5.74) is 0. The van der Waals surface area contributed by atoms with Crippen molar-refractivity contribution in [1.29, 1.82) is 0 Å². The van der Waals surface area contributed by atoms with Gasteiger partial charge < -0.3 is 4.74 Å². The fraction of sp³-hybridized carbons (Fsp3) is 0.625. The number of thioether (sulfide) groups is 1. The van der Waals surface area contributed by atoms with E-state index in [0.29, 0.717) is 16.7 Å². The van der Waals surface area contributed by atoms with Gasteiger partial charge in [-0.3, -0.25) is 9.69 Å². The van der Waals surface area contributed by atoms with Crippen molar-refractivity contribution in [2.24, 2.45) is 0 Å². The Morgan fingerprint density at radius 3 is 2.86 bits per heavy atom. The molecule has 0 radical (unpaired) electrons. The molecule has 4 nitrogen and oxygen atoms in total. The van der Waals surface area contributed by atoms with Gasteiger partial charge in [-0.15, -0.1) is 0 Å². The molecule has 6 heteroatoms. The van der Waals surface area contributed by atoms with E-state index in [1.165, 1.54) is 16.7 Å². The van der Waals surface area contributed by atoms with Gasteiger partial charge in [-0.25, -0.2) is 4.79 Å². The molecule has 0 N–H and O–H groups in total. The minimum atomic E-state index is -0.607. The highest BCUT2D eigenvalue weighted by Crippen LogP contribution is 2.22. The van der Waals surface area contributed by atoms with Gasteiger partial charge in [0.15, 0.2) is 0 Å². The average Bonchev–Trinajstić information content (AvgIpc) is 2.46. The lowest BCUT2D eigenvalue weighted by Gasteiger charge is -2.21. The van der Waals surface area contributed by atoms with Gasteiger partial charge in [-0.1, -0.05) is 24.0 Å². The molecule has 0 aromatic carbocycles. The zero-order chi connectivity index (χ0) is 10.7. The largest absolute Gasteiger partial charge is 0.464 e. The molecule has 0 aromatic rings. The van der Waals surface area contributed by atoms with E-state index >= 15 is 0 Å². The fourth-order valence-corrected chi connectivity index (χ4v) is 2.33. The summed E-state index contributed by atoms with van der Waals surface area (Å²) in [4.78, 5) is 24.0. The van der Waals surface area contributed by atoms with E-state index in [4.69, 9.17) is 17.0 Å². The smallest absolute Gasteiger partial charge is 0.328 e. The van der Waals surface area contributed by atoms with Crippen molar-refractivity contribution in [1.82, 2.24) is 4.90 Å². The highest BCUT2D eigenvalue weighted by Gasteiger charge is 2.34. The Balaban J connectivity index is 2.67. The molecule has 1 aliphatic heterocycles. The van der Waals surface area contributed by atoms with Crippen LogP contribution < -0.4 is 0 Å². The molecule has 78 valence electrons.